The largest absolute Gasteiger partial charge is 0.399 e. The van der Waals surface area contributed by atoms with Crippen LogP contribution in [0.25, 0.3) is 11.6 Å². The lowest BCUT2D eigenvalue weighted by Gasteiger charge is -2.06. The summed E-state index contributed by atoms with van der Waals surface area (Å²) in [6.45, 7) is 4.35. The number of unbranched alkanes of at least 4 members (excludes halogenated alkanes) is 8. The summed E-state index contributed by atoms with van der Waals surface area (Å²) in [7, 11) is 0. The van der Waals surface area contributed by atoms with Gasteiger partial charge in [-0.3, -0.25) is 9.59 Å². The van der Waals surface area contributed by atoms with E-state index in [0.29, 0.717) is 41.3 Å². The Morgan fingerprint density at radius 2 is 1.14 bits per heavy atom. The number of ketones is 2. The van der Waals surface area contributed by atoms with Crippen LogP contribution in [0.15, 0.2) is 36.9 Å². The first kappa shape index (κ1) is 26.3. The van der Waals surface area contributed by atoms with Gasteiger partial charge in [-0.15, -0.1) is 0 Å². The van der Waals surface area contributed by atoms with E-state index in [1.807, 2.05) is 0 Å². The van der Waals surface area contributed by atoms with Crippen LogP contribution in [0, 0.1) is 0 Å². The van der Waals surface area contributed by atoms with Crippen LogP contribution in [0.3, 0.4) is 0 Å². The van der Waals surface area contributed by atoms with E-state index in [-0.39, 0.29) is 11.6 Å². The number of rotatable bonds is 16. The first-order chi connectivity index (χ1) is 17.0. The Balaban J connectivity index is 1.65. The molecule has 3 rings (SSSR count). The molecule has 0 aliphatic rings. The van der Waals surface area contributed by atoms with E-state index < -0.39 is 0 Å². The molecule has 2 N–H and O–H groups in total. The minimum Gasteiger partial charge on any atom is -0.399 e. The van der Waals surface area contributed by atoms with Crippen LogP contribution < -0.4 is 5.73 Å². The zero-order valence-corrected chi connectivity index (χ0v) is 21.1. The molecule has 8 nitrogen and oxygen atoms in total. The highest BCUT2D eigenvalue weighted by Gasteiger charge is 2.14. The molecule has 0 spiro atoms. The van der Waals surface area contributed by atoms with Crippen molar-refractivity contribution in [2.45, 2.75) is 90.9 Å². The van der Waals surface area contributed by atoms with Gasteiger partial charge in [0.05, 0.1) is 23.5 Å². The second kappa shape index (κ2) is 13.6. The molecule has 0 fully saturated rings. The summed E-state index contributed by atoms with van der Waals surface area (Å²) in [5.74, 6) is 1.14. The summed E-state index contributed by atoms with van der Waals surface area (Å²) in [5.41, 5.74) is 7.75. The maximum atomic E-state index is 12.5. The van der Waals surface area contributed by atoms with E-state index in [1.165, 1.54) is 38.5 Å². The SMILES string of the molecule is CCCCCCCC(=O)c1cnn(-c2cc(N)cc(-n3cc(C(=O)CCCCCCC)cn3)n2)c1. The van der Waals surface area contributed by atoms with Gasteiger partial charge in [0.1, 0.15) is 0 Å². The van der Waals surface area contributed by atoms with Crippen LogP contribution in [0.1, 0.15) is 112 Å². The van der Waals surface area contributed by atoms with Gasteiger partial charge in [0.2, 0.25) is 0 Å². The van der Waals surface area contributed by atoms with Crippen molar-refractivity contribution in [1.82, 2.24) is 24.5 Å². The number of hydrogen-bond acceptors (Lipinski definition) is 6. The monoisotopic (exact) mass is 478 g/mol. The predicted octanol–water partition coefficient (Wildman–Crippen LogP) is 6.12. The number of nitrogens with two attached hydrogens (primary N) is 1. The Hall–Kier alpha value is -3.29. The molecule has 0 bridgehead atoms. The molecule has 0 amide bonds. The van der Waals surface area contributed by atoms with Gasteiger partial charge in [0, 0.05) is 43.1 Å². The fourth-order valence-corrected chi connectivity index (χ4v) is 4.01. The van der Waals surface area contributed by atoms with E-state index in [1.54, 1.807) is 46.3 Å². The smallest absolute Gasteiger partial charge is 0.166 e. The second-order valence-electron chi connectivity index (χ2n) is 9.14. The van der Waals surface area contributed by atoms with Crippen LogP contribution >= 0.6 is 0 Å². The van der Waals surface area contributed by atoms with Gasteiger partial charge in [0.25, 0.3) is 0 Å². The number of aromatic nitrogens is 5. The third-order valence-electron chi connectivity index (χ3n) is 6.11. The molecule has 0 aliphatic carbocycles. The van der Waals surface area contributed by atoms with Crippen LogP contribution in [0.5, 0.6) is 0 Å². The number of carbonyl (C=O) groups is 2. The van der Waals surface area contributed by atoms with Gasteiger partial charge in [0.15, 0.2) is 23.2 Å². The van der Waals surface area contributed by atoms with Gasteiger partial charge < -0.3 is 5.73 Å². The second-order valence-corrected chi connectivity index (χ2v) is 9.14. The van der Waals surface area contributed by atoms with Gasteiger partial charge in [-0.05, 0) is 12.8 Å². The zero-order valence-electron chi connectivity index (χ0n) is 21.1. The van der Waals surface area contributed by atoms with Gasteiger partial charge in [-0.1, -0.05) is 65.2 Å². The highest BCUT2D eigenvalue weighted by atomic mass is 16.1. The van der Waals surface area contributed by atoms with Gasteiger partial charge >= 0.3 is 0 Å². The first-order valence-corrected chi connectivity index (χ1v) is 13.0. The molecule has 3 heterocycles. The number of nitrogens with zero attached hydrogens (tertiary/aromatic N) is 5. The Morgan fingerprint density at radius 1 is 0.714 bits per heavy atom. The molecule has 3 aromatic rings. The molecule has 3 aromatic heterocycles. The van der Waals surface area contributed by atoms with E-state index in [0.717, 1.165) is 25.7 Å². The summed E-state index contributed by atoms with van der Waals surface area (Å²) >= 11 is 0. The summed E-state index contributed by atoms with van der Waals surface area (Å²) in [6, 6.07) is 3.39. The maximum Gasteiger partial charge on any atom is 0.166 e. The molecule has 0 saturated carbocycles. The lowest BCUT2D eigenvalue weighted by atomic mass is 10.1. The summed E-state index contributed by atoms with van der Waals surface area (Å²) in [5, 5.41) is 8.65. The lowest BCUT2D eigenvalue weighted by Crippen LogP contribution is -2.06. The summed E-state index contributed by atoms with van der Waals surface area (Å²) < 4.78 is 3.10. The molecule has 0 atom stereocenters. The molecular formula is C27H38N6O2. The van der Waals surface area contributed by atoms with Crippen molar-refractivity contribution in [1.29, 1.82) is 0 Å². The van der Waals surface area contributed by atoms with Crippen molar-refractivity contribution in [2.75, 3.05) is 5.73 Å². The molecule has 0 aliphatic heterocycles. The first-order valence-electron chi connectivity index (χ1n) is 13.0. The molecule has 0 aromatic carbocycles. The minimum absolute atomic E-state index is 0.0850. The molecule has 8 heteroatoms. The van der Waals surface area contributed by atoms with Gasteiger partial charge in [-0.2, -0.15) is 10.2 Å². The van der Waals surface area contributed by atoms with Crippen LogP contribution in [-0.2, 0) is 0 Å². The number of hydrogen-bond donors (Lipinski definition) is 1. The van der Waals surface area contributed by atoms with Crippen molar-refractivity contribution in [3.63, 3.8) is 0 Å². The van der Waals surface area contributed by atoms with E-state index in [2.05, 4.69) is 29.0 Å². The Bertz CT molecular complexity index is 1020. The van der Waals surface area contributed by atoms with Crippen molar-refractivity contribution < 1.29 is 9.59 Å². The molecular weight excluding hydrogens is 440 g/mol. The maximum absolute atomic E-state index is 12.5. The normalized spacial score (nSPS) is 11.1. The van der Waals surface area contributed by atoms with Crippen LogP contribution in [-0.4, -0.2) is 36.1 Å². The highest BCUT2D eigenvalue weighted by molar-refractivity contribution is 5.96. The molecule has 0 saturated heterocycles. The third kappa shape index (κ3) is 7.87. The molecule has 35 heavy (non-hydrogen) atoms. The third-order valence-corrected chi connectivity index (χ3v) is 6.11. The molecule has 188 valence electrons. The Labute approximate surface area is 207 Å². The molecule has 0 unspecified atom stereocenters. The number of anilines is 1. The number of nitrogen functional groups attached to an aromatic ring is 1. The van der Waals surface area contributed by atoms with Gasteiger partial charge in [-0.25, -0.2) is 14.3 Å². The summed E-state index contributed by atoms with van der Waals surface area (Å²) in [4.78, 5) is 29.7. The zero-order chi connectivity index (χ0) is 25.0. The van der Waals surface area contributed by atoms with E-state index in [4.69, 9.17) is 5.73 Å². The highest BCUT2D eigenvalue weighted by Crippen LogP contribution is 2.18. The van der Waals surface area contributed by atoms with E-state index in [9.17, 15) is 9.59 Å². The number of carbonyl (C=O) groups excluding carboxylic acids is 2. The van der Waals surface area contributed by atoms with Crippen LogP contribution in [0.2, 0.25) is 0 Å². The van der Waals surface area contributed by atoms with Crippen molar-refractivity contribution in [2.24, 2.45) is 0 Å². The number of pyridine rings is 1. The quantitative estimate of drug-likeness (QED) is 0.196. The molecule has 0 radical (unpaired) electrons. The average molecular weight is 479 g/mol. The Morgan fingerprint density at radius 3 is 1.57 bits per heavy atom. The topological polar surface area (TPSA) is 109 Å². The van der Waals surface area contributed by atoms with Crippen LogP contribution in [0.4, 0.5) is 5.69 Å². The number of Topliss-reactive ketones (excluding diaryl/α,β-unsaturated/α-hetero) is 2. The minimum atomic E-state index is 0.0850. The predicted molar refractivity (Wildman–Crippen MR) is 138 cm³/mol. The lowest BCUT2D eigenvalue weighted by molar-refractivity contribution is 0.0971. The standard InChI is InChI=1S/C27H38N6O2/c1-3-5-7-9-11-13-24(34)21-17-29-32(19-21)26-15-23(28)16-27(31-26)33-20-22(18-30-33)25(35)14-12-10-8-6-4-2/h15-20H,3-14H2,1-2H3,(H2,28,31). The van der Waals surface area contributed by atoms with E-state index >= 15 is 0 Å². The fourth-order valence-electron chi connectivity index (χ4n) is 4.01. The average Bonchev–Trinajstić information content (AvgIpc) is 3.54. The summed E-state index contributed by atoms with van der Waals surface area (Å²) in [6.07, 6.45) is 18.6. The van der Waals surface area contributed by atoms with Crippen molar-refractivity contribution in [3.8, 4) is 11.6 Å². The van der Waals surface area contributed by atoms with Crippen molar-refractivity contribution >= 4 is 17.3 Å². The van der Waals surface area contributed by atoms with Crippen molar-refractivity contribution in [3.05, 3.63) is 48.0 Å². The fraction of sp³-hybridized carbons (Fsp3) is 0.519. The Kier molecular flexibility index (Phi) is 10.2.